The lowest BCUT2D eigenvalue weighted by Gasteiger charge is -2.13. The Morgan fingerprint density at radius 1 is 1.04 bits per heavy atom. The predicted octanol–water partition coefficient (Wildman–Crippen LogP) is 3.04. The second-order valence-corrected chi connectivity index (χ2v) is 7.79. The molecule has 1 amide bonds. The lowest BCUT2D eigenvalue weighted by molar-refractivity contribution is -0.116. The molecule has 8 heteroatoms. The smallest absolute Gasteiger partial charge is 0.232 e. The summed E-state index contributed by atoms with van der Waals surface area (Å²) in [4.78, 5) is 12.2. The van der Waals surface area contributed by atoms with Crippen LogP contribution in [-0.2, 0) is 21.2 Å². The number of benzene rings is 2. The van der Waals surface area contributed by atoms with Gasteiger partial charge in [0, 0.05) is 18.2 Å². The highest BCUT2D eigenvalue weighted by Crippen LogP contribution is 2.29. The molecule has 146 valence electrons. The van der Waals surface area contributed by atoms with E-state index in [9.17, 15) is 13.2 Å². The number of aryl methyl sites for hydroxylation is 1. The molecule has 0 bridgehead atoms. The summed E-state index contributed by atoms with van der Waals surface area (Å²) in [6, 6.07) is 12.3. The van der Waals surface area contributed by atoms with Gasteiger partial charge in [-0.25, -0.2) is 8.42 Å². The molecule has 0 heterocycles. The molecule has 0 saturated heterocycles. The zero-order valence-electron chi connectivity index (χ0n) is 15.6. The number of methoxy groups -OCH3 is 2. The standard InChI is InChI=1S/C19H24N2O5S/c1-4-27(23,24)21-16-11-10-15(13-18(16)26-3)20-19(22)12-9-14-7-5-6-8-17(14)25-2/h5-8,10-11,13,21H,4,9,12H2,1-3H3,(H,20,22). The Morgan fingerprint density at radius 2 is 1.74 bits per heavy atom. The highest BCUT2D eigenvalue weighted by Gasteiger charge is 2.13. The van der Waals surface area contributed by atoms with E-state index < -0.39 is 10.0 Å². The van der Waals surface area contributed by atoms with E-state index in [0.717, 1.165) is 11.3 Å². The van der Waals surface area contributed by atoms with Gasteiger partial charge in [-0.1, -0.05) is 18.2 Å². The molecule has 0 atom stereocenters. The first-order valence-electron chi connectivity index (χ1n) is 8.48. The van der Waals surface area contributed by atoms with Crippen molar-refractivity contribution in [2.24, 2.45) is 0 Å². The first-order valence-corrected chi connectivity index (χ1v) is 10.1. The van der Waals surface area contributed by atoms with Gasteiger partial charge in [-0.2, -0.15) is 0 Å². The maximum Gasteiger partial charge on any atom is 0.232 e. The SMILES string of the molecule is CCS(=O)(=O)Nc1ccc(NC(=O)CCc2ccccc2OC)cc1OC. The number of para-hydroxylation sites is 1. The Balaban J connectivity index is 2.03. The summed E-state index contributed by atoms with van der Waals surface area (Å²) >= 11 is 0. The van der Waals surface area contributed by atoms with Crippen LogP contribution < -0.4 is 19.5 Å². The van der Waals surface area contributed by atoms with Crippen LogP contribution in [0.15, 0.2) is 42.5 Å². The Hall–Kier alpha value is -2.74. The van der Waals surface area contributed by atoms with Gasteiger partial charge in [0.2, 0.25) is 15.9 Å². The third-order valence-corrected chi connectivity index (χ3v) is 5.24. The summed E-state index contributed by atoms with van der Waals surface area (Å²) in [6.45, 7) is 1.55. The summed E-state index contributed by atoms with van der Waals surface area (Å²) in [5.74, 6) is 0.872. The molecule has 2 rings (SSSR count). The highest BCUT2D eigenvalue weighted by atomic mass is 32.2. The summed E-state index contributed by atoms with van der Waals surface area (Å²) < 4.78 is 36.4. The summed E-state index contributed by atoms with van der Waals surface area (Å²) in [7, 11) is -0.383. The van der Waals surface area contributed by atoms with Gasteiger partial charge in [-0.05, 0) is 37.1 Å². The van der Waals surface area contributed by atoms with Crippen LogP contribution in [0.5, 0.6) is 11.5 Å². The van der Waals surface area contributed by atoms with E-state index in [2.05, 4.69) is 10.0 Å². The Labute approximate surface area is 159 Å². The number of carbonyl (C=O) groups is 1. The minimum absolute atomic E-state index is 0.0441. The number of hydrogen-bond donors (Lipinski definition) is 2. The molecule has 0 aliphatic rings. The first kappa shape index (κ1) is 20.6. The van der Waals surface area contributed by atoms with Gasteiger partial charge in [-0.3, -0.25) is 9.52 Å². The van der Waals surface area contributed by atoms with Crippen LogP contribution in [0.4, 0.5) is 11.4 Å². The average molecular weight is 392 g/mol. The molecule has 0 aliphatic heterocycles. The molecular weight excluding hydrogens is 368 g/mol. The zero-order chi connectivity index (χ0) is 19.9. The van der Waals surface area contributed by atoms with Gasteiger partial charge < -0.3 is 14.8 Å². The van der Waals surface area contributed by atoms with Crippen molar-refractivity contribution >= 4 is 27.3 Å². The summed E-state index contributed by atoms with van der Waals surface area (Å²) in [6.07, 6.45) is 0.828. The van der Waals surface area contributed by atoms with Crippen molar-refractivity contribution in [2.75, 3.05) is 30.0 Å². The molecule has 0 fully saturated rings. The number of ether oxygens (including phenoxy) is 2. The molecule has 0 spiro atoms. The Kier molecular flexibility index (Phi) is 7.06. The van der Waals surface area contributed by atoms with E-state index in [4.69, 9.17) is 9.47 Å². The van der Waals surface area contributed by atoms with Crippen molar-refractivity contribution in [1.29, 1.82) is 0 Å². The van der Waals surface area contributed by atoms with Gasteiger partial charge >= 0.3 is 0 Å². The lowest BCUT2D eigenvalue weighted by Crippen LogP contribution is -2.16. The molecule has 27 heavy (non-hydrogen) atoms. The monoisotopic (exact) mass is 392 g/mol. The van der Waals surface area contributed by atoms with E-state index in [1.807, 2.05) is 24.3 Å². The van der Waals surface area contributed by atoms with Crippen LogP contribution in [0.25, 0.3) is 0 Å². The van der Waals surface area contributed by atoms with Crippen LogP contribution in [0, 0.1) is 0 Å². The molecular formula is C19H24N2O5S. The highest BCUT2D eigenvalue weighted by molar-refractivity contribution is 7.92. The summed E-state index contributed by atoms with van der Waals surface area (Å²) in [5.41, 5.74) is 1.81. The molecule has 7 nitrogen and oxygen atoms in total. The van der Waals surface area contributed by atoms with Crippen molar-refractivity contribution < 1.29 is 22.7 Å². The fourth-order valence-corrected chi connectivity index (χ4v) is 3.12. The molecule has 0 unspecified atom stereocenters. The van der Waals surface area contributed by atoms with E-state index in [1.54, 1.807) is 32.2 Å². The number of rotatable bonds is 9. The second kappa shape index (κ2) is 9.27. The van der Waals surface area contributed by atoms with Crippen LogP contribution in [-0.4, -0.2) is 34.3 Å². The van der Waals surface area contributed by atoms with E-state index >= 15 is 0 Å². The zero-order valence-corrected chi connectivity index (χ0v) is 16.4. The Bertz CT molecular complexity index is 897. The van der Waals surface area contributed by atoms with Gasteiger partial charge in [0.25, 0.3) is 0 Å². The average Bonchev–Trinajstić information content (AvgIpc) is 2.67. The number of hydrogen-bond acceptors (Lipinski definition) is 5. The van der Waals surface area contributed by atoms with E-state index in [1.165, 1.54) is 7.11 Å². The van der Waals surface area contributed by atoms with Crippen molar-refractivity contribution in [3.8, 4) is 11.5 Å². The van der Waals surface area contributed by atoms with Gasteiger partial charge in [0.1, 0.15) is 11.5 Å². The van der Waals surface area contributed by atoms with Crippen LogP contribution in [0.1, 0.15) is 18.9 Å². The molecule has 0 saturated carbocycles. The predicted molar refractivity (Wildman–Crippen MR) is 106 cm³/mol. The number of amides is 1. The Morgan fingerprint density at radius 3 is 2.41 bits per heavy atom. The van der Waals surface area contributed by atoms with Crippen LogP contribution in [0.2, 0.25) is 0 Å². The number of nitrogens with one attached hydrogen (secondary N) is 2. The quantitative estimate of drug-likeness (QED) is 0.684. The van der Waals surface area contributed by atoms with Crippen molar-refractivity contribution in [2.45, 2.75) is 19.8 Å². The number of sulfonamides is 1. The minimum Gasteiger partial charge on any atom is -0.496 e. The normalized spacial score (nSPS) is 10.9. The molecule has 0 radical (unpaired) electrons. The topological polar surface area (TPSA) is 93.7 Å². The lowest BCUT2D eigenvalue weighted by atomic mass is 10.1. The van der Waals surface area contributed by atoms with Gasteiger partial charge in [0.05, 0.1) is 25.7 Å². The van der Waals surface area contributed by atoms with Gasteiger partial charge in [-0.15, -0.1) is 0 Å². The van der Waals surface area contributed by atoms with Crippen LogP contribution >= 0.6 is 0 Å². The minimum atomic E-state index is -3.42. The van der Waals surface area contributed by atoms with E-state index in [0.29, 0.717) is 23.5 Å². The van der Waals surface area contributed by atoms with Crippen molar-refractivity contribution in [3.63, 3.8) is 0 Å². The third kappa shape index (κ3) is 5.89. The second-order valence-electron chi connectivity index (χ2n) is 5.78. The molecule has 0 aromatic heterocycles. The van der Waals surface area contributed by atoms with Crippen molar-refractivity contribution in [1.82, 2.24) is 0 Å². The van der Waals surface area contributed by atoms with E-state index in [-0.39, 0.29) is 18.1 Å². The summed E-state index contributed by atoms with van der Waals surface area (Å²) in [5, 5.41) is 2.79. The number of carbonyl (C=O) groups excluding carboxylic acids is 1. The largest absolute Gasteiger partial charge is 0.496 e. The molecule has 2 aromatic rings. The fraction of sp³-hybridized carbons (Fsp3) is 0.316. The van der Waals surface area contributed by atoms with Crippen LogP contribution in [0.3, 0.4) is 0 Å². The molecule has 2 aromatic carbocycles. The first-order chi connectivity index (χ1) is 12.9. The number of anilines is 2. The fourth-order valence-electron chi connectivity index (χ4n) is 2.47. The van der Waals surface area contributed by atoms with Crippen molar-refractivity contribution in [3.05, 3.63) is 48.0 Å². The maximum absolute atomic E-state index is 12.2. The van der Waals surface area contributed by atoms with Gasteiger partial charge in [0.15, 0.2) is 0 Å². The maximum atomic E-state index is 12.2. The molecule has 2 N–H and O–H groups in total. The molecule has 0 aliphatic carbocycles. The third-order valence-electron chi connectivity index (χ3n) is 3.94.